The van der Waals surface area contributed by atoms with Crippen LogP contribution in [0.25, 0.3) is 0 Å². The minimum absolute atomic E-state index is 0.533. The molecule has 0 aliphatic carbocycles. The van der Waals surface area contributed by atoms with Gasteiger partial charge in [-0.25, -0.2) is 0 Å². The molecular formula is C19H34N4O2. The van der Waals surface area contributed by atoms with Crippen LogP contribution in [0.4, 0.5) is 0 Å². The van der Waals surface area contributed by atoms with E-state index in [0.717, 1.165) is 44.3 Å². The van der Waals surface area contributed by atoms with Crippen molar-refractivity contribution < 1.29 is 9.15 Å². The molecule has 2 N–H and O–H groups in total. The van der Waals surface area contributed by atoms with Gasteiger partial charge in [0.15, 0.2) is 5.96 Å². The van der Waals surface area contributed by atoms with Gasteiger partial charge in [0.2, 0.25) is 0 Å². The quantitative estimate of drug-likeness (QED) is 0.386. The molecule has 0 amide bonds. The van der Waals surface area contributed by atoms with E-state index in [0.29, 0.717) is 13.2 Å². The van der Waals surface area contributed by atoms with Crippen LogP contribution in [-0.4, -0.2) is 56.7 Å². The Labute approximate surface area is 152 Å². The Morgan fingerprint density at radius 3 is 2.80 bits per heavy atom. The number of likely N-dealkylation sites (tertiary alicyclic amines) is 1. The van der Waals surface area contributed by atoms with Crippen molar-refractivity contribution in [1.82, 2.24) is 15.5 Å². The fourth-order valence-electron chi connectivity index (χ4n) is 2.96. The van der Waals surface area contributed by atoms with Gasteiger partial charge >= 0.3 is 0 Å². The third kappa shape index (κ3) is 8.93. The summed E-state index contributed by atoms with van der Waals surface area (Å²) in [5.41, 5.74) is 0. The SMILES string of the molecule is CCNC(=NCCCOCc1ccco1)NCCN1CCCCCC1. The van der Waals surface area contributed by atoms with E-state index in [1.807, 2.05) is 12.1 Å². The molecule has 0 radical (unpaired) electrons. The van der Waals surface area contributed by atoms with Crippen LogP contribution < -0.4 is 10.6 Å². The molecule has 0 atom stereocenters. The highest BCUT2D eigenvalue weighted by Gasteiger charge is 2.08. The zero-order valence-corrected chi connectivity index (χ0v) is 15.6. The molecule has 0 aromatic carbocycles. The predicted molar refractivity (Wildman–Crippen MR) is 102 cm³/mol. The van der Waals surface area contributed by atoms with Crippen molar-refractivity contribution in [3.05, 3.63) is 24.2 Å². The van der Waals surface area contributed by atoms with E-state index in [-0.39, 0.29) is 0 Å². The minimum atomic E-state index is 0.533. The van der Waals surface area contributed by atoms with Crippen LogP contribution in [0, 0.1) is 0 Å². The lowest BCUT2D eigenvalue weighted by molar-refractivity contribution is 0.105. The highest BCUT2D eigenvalue weighted by Crippen LogP contribution is 2.08. The Hall–Kier alpha value is -1.53. The van der Waals surface area contributed by atoms with E-state index in [1.54, 1.807) is 6.26 Å². The molecule has 1 aromatic rings. The van der Waals surface area contributed by atoms with Crippen LogP contribution in [0.15, 0.2) is 27.8 Å². The average Bonchev–Trinajstić information content (AvgIpc) is 3.00. The van der Waals surface area contributed by atoms with Crippen molar-refractivity contribution in [2.24, 2.45) is 4.99 Å². The fraction of sp³-hybridized carbons (Fsp3) is 0.737. The van der Waals surface area contributed by atoms with Gasteiger partial charge in [0.25, 0.3) is 0 Å². The Balaban J connectivity index is 1.56. The number of nitrogens with zero attached hydrogens (tertiary/aromatic N) is 2. The standard InChI is InChI=1S/C19H34N4O2/c1-2-20-19(22-11-14-23-12-5-3-4-6-13-23)21-10-8-15-24-17-18-9-7-16-25-18/h7,9,16H,2-6,8,10-15,17H2,1H3,(H2,20,21,22). The number of nitrogens with one attached hydrogen (secondary N) is 2. The lowest BCUT2D eigenvalue weighted by Gasteiger charge is -2.20. The van der Waals surface area contributed by atoms with Gasteiger partial charge in [-0.2, -0.15) is 0 Å². The van der Waals surface area contributed by atoms with E-state index >= 15 is 0 Å². The lowest BCUT2D eigenvalue weighted by Crippen LogP contribution is -2.42. The highest BCUT2D eigenvalue weighted by atomic mass is 16.5. The molecule has 2 heterocycles. The van der Waals surface area contributed by atoms with Gasteiger partial charge in [0.05, 0.1) is 6.26 Å². The van der Waals surface area contributed by atoms with E-state index in [4.69, 9.17) is 9.15 Å². The first-order valence-electron chi connectivity index (χ1n) is 9.73. The topological polar surface area (TPSA) is 62.0 Å². The maximum atomic E-state index is 5.58. The van der Waals surface area contributed by atoms with Crippen LogP contribution in [-0.2, 0) is 11.3 Å². The van der Waals surface area contributed by atoms with E-state index in [2.05, 4.69) is 27.4 Å². The van der Waals surface area contributed by atoms with Crippen molar-refractivity contribution in [2.75, 3.05) is 45.9 Å². The van der Waals surface area contributed by atoms with Crippen LogP contribution in [0.2, 0.25) is 0 Å². The number of aliphatic imine (C=N–C) groups is 1. The summed E-state index contributed by atoms with van der Waals surface area (Å²) < 4.78 is 10.8. The smallest absolute Gasteiger partial charge is 0.191 e. The normalized spacial score (nSPS) is 16.6. The summed E-state index contributed by atoms with van der Waals surface area (Å²) in [6, 6.07) is 3.80. The Kier molecular flexibility index (Phi) is 10.1. The summed E-state index contributed by atoms with van der Waals surface area (Å²) in [6.45, 7) is 9.48. The first kappa shape index (κ1) is 19.8. The molecule has 1 aromatic heterocycles. The Bertz CT molecular complexity index is 454. The van der Waals surface area contributed by atoms with Gasteiger partial charge in [-0.1, -0.05) is 12.8 Å². The summed E-state index contributed by atoms with van der Waals surface area (Å²) in [4.78, 5) is 7.18. The van der Waals surface area contributed by atoms with Gasteiger partial charge < -0.3 is 24.7 Å². The van der Waals surface area contributed by atoms with Crippen molar-refractivity contribution >= 4 is 5.96 Å². The van der Waals surface area contributed by atoms with E-state index in [1.165, 1.54) is 38.8 Å². The minimum Gasteiger partial charge on any atom is -0.467 e. The van der Waals surface area contributed by atoms with E-state index in [9.17, 15) is 0 Å². The largest absolute Gasteiger partial charge is 0.467 e. The molecule has 25 heavy (non-hydrogen) atoms. The second-order valence-corrected chi connectivity index (χ2v) is 6.43. The summed E-state index contributed by atoms with van der Waals surface area (Å²) in [7, 11) is 0. The summed E-state index contributed by atoms with van der Waals surface area (Å²) in [5.74, 6) is 1.77. The Morgan fingerprint density at radius 1 is 1.24 bits per heavy atom. The first-order chi connectivity index (χ1) is 12.4. The van der Waals surface area contributed by atoms with Gasteiger partial charge in [0.1, 0.15) is 12.4 Å². The molecule has 0 saturated carbocycles. The van der Waals surface area contributed by atoms with Gasteiger partial charge in [-0.3, -0.25) is 4.99 Å². The van der Waals surface area contributed by atoms with Crippen LogP contribution in [0.5, 0.6) is 0 Å². The fourth-order valence-corrected chi connectivity index (χ4v) is 2.96. The van der Waals surface area contributed by atoms with Crippen LogP contribution in [0.1, 0.15) is 44.8 Å². The molecule has 1 fully saturated rings. The van der Waals surface area contributed by atoms with Crippen molar-refractivity contribution in [2.45, 2.75) is 45.6 Å². The summed E-state index contributed by atoms with van der Waals surface area (Å²) >= 11 is 0. The number of ether oxygens (including phenoxy) is 1. The van der Waals surface area contributed by atoms with Crippen molar-refractivity contribution in [1.29, 1.82) is 0 Å². The van der Waals surface area contributed by atoms with Crippen LogP contribution in [0.3, 0.4) is 0 Å². The lowest BCUT2D eigenvalue weighted by atomic mass is 10.2. The first-order valence-corrected chi connectivity index (χ1v) is 9.73. The molecule has 0 bridgehead atoms. The maximum absolute atomic E-state index is 5.58. The summed E-state index contributed by atoms with van der Waals surface area (Å²) in [6.07, 6.45) is 8.02. The van der Waals surface area contributed by atoms with Crippen molar-refractivity contribution in [3.8, 4) is 0 Å². The molecular weight excluding hydrogens is 316 g/mol. The van der Waals surface area contributed by atoms with Crippen LogP contribution >= 0.6 is 0 Å². The second-order valence-electron chi connectivity index (χ2n) is 6.43. The third-order valence-electron chi connectivity index (χ3n) is 4.30. The molecule has 6 heteroatoms. The molecule has 1 saturated heterocycles. The molecule has 0 unspecified atom stereocenters. The Morgan fingerprint density at radius 2 is 2.08 bits per heavy atom. The van der Waals surface area contributed by atoms with Gasteiger partial charge in [-0.15, -0.1) is 0 Å². The highest BCUT2D eigenvalue weighted by molar-refractivity contribution is 5.79. The number of guanidine groups is 1. The molecule has 142 valence electrons. The van der Waals surface area contributed by atoms with Gasteiger partial charge in [-0.05, 0) is 51.4 Å². The maximum Gasteiger partial charge on any atom is 0.191 e. The molecule has 2 rings (SSSR count). The average molecular weight is 351 g/mol. The molecule has 1 aliphatic heterocycles. The van der Waals surface area contributed by atoms with Gasteiger partial charge in [0, 0.05) is 32.8 Å². The molecule has 0 spiro atoms. The van der Waals surface area contributed by atoms with Crippen molar-refractivity contribution in [3.63, 3.8) is 0 Å². The predicted octanol–water partition coefficient (Wildman–Crippen LogP) is 2.62. The third-order valence-corrected chi connectivity index (χ3v) is 4.30. The molecule has 1 aliphatic rings. The second kappa shape index (κ2) is 12.8. The summed E-state index contributed by atoms with van der Waals surface area (Å²) in [5, 5.41) is 6.75. The zero-order valence-electron chi connectivity index (χ0n) is 15.6. The monoisotopic (exact) mass is 350 g/mol. The zero-order chi connectivity index (χ0) is 17.6. The molecule has 6 nitrogen and oxygen atoms in total. The number of rotatable bonds is 10. The number of furan rings is 1. The van der Waals surface area contributed by atoms with E-state index < -0.39 is 0 Å². The number of hydrogen-bond acceptors (Lipinski definition) is 4. The number of hydrogen-bond donors (Lipinski definition) is 2.